The van der Waals surface area contributed by atoms with Gasteiger partial charge in [0.2, 0.25) is 0 Å². The molecule has 0 heterocycles. The van der Waals surface area contributed by atoms with Gasteiger partial charge in [-0.2, -0.15) is 13.2 Å². The summed E-state index contributed by atoms with van der Waals surface area (Å²) in [5.41, 5.74) is 0.911. The first kappa shape index (κ1) is 13.1. The predicted octanol–water partition coefficient (Wildman–Crippen LogP) is 3.84. The fourth-order valence-electron chi connectivity index (χ4n) is 1.79. The van der Waals surface area contributed by atoms with Crippen molar-refractivity contribution in [3.8, 4) is 5.75 Å². The van der Waals surface area contributed by atoms with E-state index >= 15 is 0 Å². The normalized spacial score (nSPS) is 17.3. The Labute approximate surface area is 104 Å². The zero-order valence-electron chi connectivity index (χ0n) is 10.1. The summed E-state index contributed by atoms with van der Waals surface area (Å²) < 4.78 is 40.5. The van der Waals surface area contributed by atoms with Gasteiger partial charge >= 0.3 is 6.18 Å². The van der Waals surface area contributed by atoms with Crippen molar-refractivity contribution in [2.45, 2.75) is 32.0 Å². The molecule has 0 aliphatic heterocycles. The summed E-state index contributed by atoms with van der Waals surface area (Å²) in [6, 6.07) is 6.99. The van der Waals surface area contributed by atoms with Crippen molar-refractivity contribution in [2.24, 2.45) is 5.92 Å². The maximum Gasteiger partial charge on any atom is 0.422 e. The van der Waals surface area contributed by atoms with Gasteiger partial charge in [-0.15, -0.1) is 0 Å². The van der Waals surface area contributed by atoms with Crippen LogP contribution in [0, 0.1) is 5.92 Å². The first-order valence-electron chi connectivity index (χ1n) is 6.00. The van der Waals surface area contributed by atoms with Crippen molar-refractivity contribution in [2.75, 3.05) is 11.9 Å². The van der Waals surface area contributed by atoms with E-state index in [1.54, 1.807) is 24.3 Å². The van der Waals surface area contributed by atoms with Crippen LogP contribution in [0.2, 0.25) is 0 Å². The summed E-state index contributed by atoms with van der Waals surface area (Å²) in [6.45, 7) is 0.865. The lowest BCUT2D eigenvalue weighted by atomic mass is 10.2. The molecule has 18 heavy (non-hydrogen) atoms. The molecule has 100 valence electrons. The van der Waals surface area contributed by atoms with E-state index in [9.17, 15) is 13.2 Å². The highest BCUT2D eigenvalue weighted by molar-refractivity contribution is 5.47. The van der Waals surface area contributed by atoms with Crippen LogP contribution in [-0.4, -0.2) is 18.8 Å². The molecule has 1 fully saturated rings. The Morgan fingerprint density at radius 3 is 2.39 bits per heavy atom. The number of anilines is 1. The number of benzene rings is 1. The minimum atomic E-state index is -4.29. The first-order valence-corrected chi connectivity index (χ1v) is 6.00. The Hall–Kier alpha value is -1.39. The second kappa shape index (κ2) is 5.08. The van der Waals surface area contributed by atoms with E-state index in [4.69, 9.17) is 0 Å². The maximum absolute atomic E-state index is 12.0. The van der Waals surface area contributed by atoms with Crippen molar-refractivity contribution < 1.29 is 17.9 Å². The molecule has 0 bridgehead atoms. The van der Waals surface area contributed by atoms with E-state index in [0.717, 1.165) is 11.6 Å². The molecule has 2 nitrogen and oxygen atoms in total. The van der Waals surface area contributed by atoms with Gasteiger partial charge in [-0.05, 0) is 49.9 Å². The van der Waals surface area contributed by atoms with Crippen LogP contribution in [0.1, 0.15) is 19.8 Å². The second-order valence-corrected chi connectivity index (χ2v) is 4.70. The molecule has 0 amide bonds. The molecule has 1 aliphatic carbocycles. The summed E-state index contributed by atoms with van der Waals surface area (Å²) in [5.74, 6) is 0.961. The average Bonchev–Trinajstić information content (AvgIpc) is 3.11. The molecule has 0 aromatic heterocycles. The van der Waals surface area contributed by atoms with Crippen LogP contribution in [0.3, 0.4) is 0 Å². The van der Waals surface area contributed by atoms with E-state index < -0.39 is 12.8 Å². The SMILES string of the molecule is CC(Nc1ccc(OCC(F)(F)F)cc1)C1CC1. The van der Waals surface area contributed by atoms with Crippen LogP contribution >= 0.6 is 0 Å². The van der Waals surface area contributed by atoms with Gasteiger partial charge in [0.05, 0.1) is 0 Å². The Bertz CT molecular complexity index is 384. The van der Waals surface area contributed by atoms with Crippen molar-refractivity contribution in [1.82, 2.24) is 0 Å². The Balaban J connectivity index is 1.84. The van der Waals surface area contributed by atoms with Gasteiger partial charge in [-0.1, -0.05) is 0 Å². The Morgan fingerprint density at radius 2 is 1.89 bits per heavy atom. The number of halogens is 3. The molecule has 0 saturated heterocycles. The van der Waals surface area contributed by atoms with E-state index in [1.165, 1.54) is 12.8 Å². The number of hydrogen-bond acceptors (Lipinski definition) is 2. The third-order valence-electron chi connectivity index (χ3n) is 2.98. The van der Waals surface area contributed by atoms with E-state index in [-0.39, 0.29) is 5.75 Å². The lowest BCUT2D eigenvalue weighted by Crippen LogP contribution is -2.19. The molecule has 1 unspecified atom stereocenters. The predicted molar refractivity (Wildman–Crippen MR) is 63.8 cm³/mol. The molecular weight excluding hydrogens is 243 g/mol. The number of ether oxygens (including phenoxy) is 1. The summed E-state index contributed by atoms with van der Waals surface area (Å²) in [7, 11) is 0. The second-order valence-electron chi connectivity index (χ2n) is 4.70. The molecule has 1 atom stereocenters. The molecule has 1 aromatic carbocycles. The molecule has 1 aromatic rings. The van der Waals surface area contributed by atoms with Crippen molar-refractivity contribution in [3.63, 3.8) is 0 Å². The number of rotatable bonds is 5. The number of hydrogen-bond donors (Lipinski definition) is 1. The van der Waals surface area contributed by atoms with Crippen molar-refractivity contribution in [1.29, 1.82) is 0 Å². The Morgan fingerprint density at radius 1 is 1.28 bits per heavy atom. The Kier molecular flexibility index (Phi) is 3.68. The van der Waals surface area contributed by atoms with E-state index in [1.807, 2.05) is 0 Å². The van der Waals surface area contributed by atoms with E-state index in [2.05, 4.69) is 17.0 Å². The summed E-state index contributed by atoms with van der Waals surface area (Å²) in [5, 5.41) is 3.33. The maximum atomic E-state index is 12.0. The fourth-order valence-corrected chi connectivity index (χ4v) is 1.79. The summed E-state index contributed by atoms with van der Waals surface area (Å²) >= 11 is 0. The standard InChI is InChI=1S/C13H16F3NO/c1-9(10-2-3-10)17-11-4-6-12(7-5-11)18-8-13(14,15)16/h4-7,9-10,17H,2-3,8H2,1H3. The molecule has 1 saturated carbocycles. The van der Waals surface area contributed by atoms with Gasteiger partial charge in [0.25, 0.3) is 0 Å². The smallest absolute Gasteiger partial charge is 0.422 e. The fraction of sp³-hybridized carbons (Fsp3) is 0.538. The highest BCUT2D eigenvalue weighted by atomic mass is 19.4. The number of alkyl halides is 3. The molecule has 2 rings (SSSR count). The topological polar surface area (TPSA) is 21.3 Å². The first-order chi connectivity index (χ1) is 8.44. The van der Waals surface area contributed by atoms with Gasteiger partial charge in [-0.25, -0.2) is 0 Å². The van der Waals surface area contributed by atoms with Crippen molar-refractivity contribution >= 4 is 5.69 Å². The summed E-state index contributed by atoms with van der Waals surface area (Å²) in [6.07, 6.45) is -1.79. The third kappa shape index (κ3) is 4.13. The zero-order chi connectivity index (χ0) is 13.2. The molecule has 0 radical (unpaired) electrons. The van der Waals surface area contributed by atoms with Crippen molar-refractivity contribution in [3.05, 3.63) is 24.3 Å². The molecule has 1 aliphatic rings. The minimum absolute atomic E-state index is 0.233. The van der Waals surface area contributed by atoms with Gasteiger partial charge in [0.1, 0.15) is 5.75 Å². The highest BCUT2D eigenvalue weighted by Gasteiger charge is 2.29. The largest absolute Gasteiger partial charge is 0.484 e. The lowest BCUT2D eigenvalue weighted by molar-refractivity contribution is -0.153. The molecule has 5 heteroatoms. The van der Waals surface area contributed by atoms with Crippen LogP contribution in [-0.2, 0) is 0 Å². The number of nitrogens with one attached hydrogen (secondary N) is 1. The average molecular weight is 259 g/mol. The minimum Gasteiger partial charge on any atom is -0.484 e. The van der Waals surface area contributed by atoms with E-state index in [0.29, 0.717) is 6.04 Å². The van der Waals surface area contributed by atoms with Gasteiger partial charge in [0.15, 0.2) is 6.61 Å². The molecule has 0 spiro atoms. The van der Waals surface area contributed by atoms with Gasteiger partial charge in [0, 0.05) is 11.7 Å². The van der Waals surface area contributed by atoms with Crippen LogP contribution in [0.15, 0.2) is 24.3 Å². The van der Waals surface area contributed by atoms with Crippen LogP contribution in [0.25, 0.3) is 0 Å². The third-order valence-corrected chi connectivity index (χ3v) is 2.98. The summed E-state index contributed by atoms with van der Waals surface area (Å²) in [4.78, 5) is 0. The molecule has 1 N–H and O–H groups in total. The van der Waals surface area contributed by atoms with Crippen LogP contribution in [0.5, 0.6) is 5.75 Å². The lowest BCUT2D eigenvalue weighted by Gasteiger charge is -2.15. The quantitative estimate of drug-likeness (QED) is 0.867. The molecular formula is C13H16F3NO. The highest BCUT2D eigenvalue weighted by Crippen LogP contribution is 2.34. The monoisotopic (exact) mass is 259 g/mol. The van der Waals surface area contributed by atoms with Crippen LogP contribution in [0.4, 0.5) is 18.9 Å². The van der Waals surface area contributed by atoms with Crippen LogP contribution < -0.4 is 10.1 Å². The van der Waals surface area contributed by atoms with Gasteiger partial charge < -0.3 is 10.1 Å². The van der Waals surface area contributed by atoms with Gasteiger partial charge in [-0.3, -0.25) is 0 Å². The zero-order valence-corrected chi connectivity index (χ0v) is 10.1.